The van der Waals surface area contributed by atoms with Crippen LogP contribution in [0.3, 0.4) is 0 Å². The van der Waals surface area contributed by atoms with Crippen LogP contribution in [0.2, 0.25) is 0 Å². The van der Waals surface area contributed by atoms with Crippen LogP contribution in [0.25, 0.3) is 11.0 Å². The molecular weight excluding hydrogens is 436 g/mol. The van der Waals surface area contributed by atoms with Crippen LogP contribution < -0.4 is 10.2 Å². The number of morpholine rings is 1. The minimum Gasteiger partial charge on any atom is -0.473 e. The van der Waals surface area contributed by atoms with Crippen LogP contribution in [0.1, 0.15) is 28.4 Å². The fraction of sp³-hybridized carbons (Fsp3) is 0.440. The Balaban J connectivity index is 1.44. The van der Waals surface area contributed by atoms with E-state index in [9.17, 15) is 9.59 Å². The first-order valence-electron chi connectivity index (χ1n) is 11.6. The molecule has 1 aromatic carbocycles. The van der Waals surface area contributed by atoms with E-state index in [0.717, 1.165) is 12.8 Å². The normalized spacial score (nSPS) is 18.3. The molecule has 9 nitrogen and oxygen atoms in total. The molecule has 9 heteroatoms. The number of nitrogens with zero attached hydrogens (tertiary/aromatic N) is 4. The third-order valence-electron chi connectivity index (χ3n) is 6.45. The van der Waals surface area contributed by atoms with Crippen LogP contribution in [-0.2, 0) is 28.9 Å². The average molecular weight is 465 g/mol. The molecule has 1 fully saturated rings. The second-order valence-electron chi connectivity index (χ2n) is 8.69. The minimum absolute atomic E-state index is 0.0616. The Labute approximate surface area is 197 Å². The summed E-state index contributed by atoms with van der Waals surface area (Å²) in [6.07, 6.45) is 2.88. The molecule has 0 radical (unpaired) electrons. The molecule has 0 N–H and O–H groups in total. The number of methoxy groups -OCH3 is 1. The van der Waals surface area contributed by atoms with Gasteiger partial charge in [-0.05, 0) is 18.1 Å². The molecule has 178 valence electrons. The zero-order valence-electron chi connectivity index (χ0n) is 19.4. The molecule has 1 saturated heterocycles. The molecule has 5 rings (SSSR count). The first-order valence-corrected chi connectivity index (χ1v) is 11.6. The first kappa shape index (κ1) is 22.5. The standard InChI is InChI=1S/C25H28N4O5/c1-3-28-14-21(25(31)29-8-9-33-19(13-29)15-32-2)23(30)20-12-22(26-27-24(20)28)34-18-10-16-6-4-5-7-17(16)11-18/h4-7,12,14,18-19H,3,8-11,13,15H2,1-2H3/t19-/m1/s1. The lowest BCUT2D eigenvalue weighted by molar-refractivity contribution is -0.0531. The molecule has 3 aromatic rings. The van der Waals surface area contributed by atoms with Crippen molar-refractivity contribution in [3.63, 3.8) is 0 Å². The van der Waals surface area contributed by atoms with E-state index in [0.29, 0.717) is 49.8 Å². The van der Waals surface area contributed by atoms with Crippen LogP contribution in [0.15, 0.2) is 41.3 Å². The fourth-order valence-corrected chi connectivity index (χ4v) is 4.75. The highest BCUT2D eigenvalue weighted by atomic mass is 16.5. The summed E-state index contributed by atoms with van der Waals surface area (Å²) in [5.41, 5.74) is 2.71. The fourth-order valence-electron chi connectivity index (χ4n) is 4.75. The number of carbonyl (C=O) groups is 1. The summed E-state index contributed by atoms with van der Waals surface area (Å²) >= 11 is 0. The molecule has 0 unspecified atom stereocenters. The highest BCUT2D eigenvalue weighted by Gasteiger charge is 2.28. The van der Waals surface area contributed by atoms with Gasteiger partial charge in [-0.2, -0.15) is 0 Å². The lowest BCUT2D eigenvalue weighted by Crippen LogP contribution is -2.48. The summed E-state index contributed by atoms with van der Waals surface area (Å²) in [4.78, 5) is 28.4. The number of ether oxygens (including phenoxy) is 3. The minimum atomic E-state index is -0.367. The zero-order chi connectivity index (χ0) is 23.7. The van der Waals surface area contributed by atoms with Crippen molar-refractivity contribution in [3.05, 3.63) is 63.4 Å². The second kappa shape index (κ2) is 9.52. The summed E-state index contributed by atoms with van der Waals surface area (Å²) in [5, 5.41) is 8.83. The van der Waals surface area contributed by atoms with Gasteiger partial charge in [0.25, 0.3) is 5.91 Å². The van der Waals surface area contributed by atoms with Crippen molar-refractivity contribution in [1.82, 2.24) is 19.7 Å². The van der Waals surface area contributed by atoms with E-state index in [2.05, 4.69) is 22.3 Å². The van der Waals surface area contributed by atoms with E-state index in [-0.39, 0.29) is 29.1 Å². The highest BCUT2D eigenvalue weighted by molar-refractivity contribution is 5.97. The number of hydrogen-bond donors (Lipinski definition) is 0. The molecular formula is C25H28N4O5. The van der Waals surface area contributed by atoms with E-state index in [1.54, 1.807) is 28.8 Å². The Bertz CT molecular complexity index is 1250. The van der Waals surface area contributed by atoms with Gasteiger partial charge >= 0.3 is 0 Å². The predicted molar refractivity (Wildman–Crippen MR) is 125 cm³/mol. The first-order chi connectivity index (χ1) is 16.6. The van der Waals surface area contributed by atoms with Gasteiger partial charge in [0.2, 0.25) is 11.3 Å². The van der Waals surface area contributed by atoms with Crippen LogP contribution in [0.5, 0.6) is 5.88 Å². The summed E-state index contributed by atoms with van der Waals surface area (Å²) in [6.45, 7) is 4.07. The van der Waals surface area contributed by atoms with Crippen molar-refractivity contribution >= 4 is 16.9 Å². The van der Waals surface area contributed by atoms with Gasteiger partial charge in [0.05, 0.1) is 24.7 Å². The number of rotatable bonds is 6. The van der Waals surface area contributed by atoms with Crippen molar-refractivity contribution < 1.29 is 19.0 Å². The zero-order valence-corrected chi connectivity index (χ0v) is 19.4. The van der Waals surface area contributed by atoms with Gasteiger partial charge in [0.15, 0.2) is 5.65 Å². The number of aromatic nitrogens is 3. The van der Waals surface area contributed by atoms with Crippen LogP contribution in [0, 0.1) is 0 Å². The van der Waals surface area contributed by atoms with Gasteiger partial charge in [-0.15, -0.1) is 10.2 Å². The summed E-state index contributed by atoms with van der Waals surface area (Å²) < 4.78 is 18.7. The van der Waals surface area contributed by atoms with Crippen molar-refractivity contribution in [2.75, 3.05) is 33.4 Å². The Kier molecular flexibility index (Phi) is 6.30. The summed E-state index contributed by atoms with van der Waals surface area (Å²) in [6, 6.07) is 9.86. The number of pyridine rings is 1. The lowest BCUT2D eigenvalue weighted by Gasteiger charge is -2.32. The number of benzene rings is 1. The van der Waals surface area contributed by atoms with Crippen molar-refractivity contribution in [3.8, 4) is 5.88 Å². The van der Waals surface area contributed by atoms with E-state index in [1.807, 2.05) is 19.1 Å². The second-order valence-corrected chi connectivity index (χ2v) is 8.69. The lowest BCUT2D eigenvalue weighted by atomic mass is 10.1. The number of hydrogen-bond acceptors (Lipinski definition) is 7. The van der Waals surface area contributed by atoms with Gasteiger partial charge in [0.1, 0.15) is 11.7 Å². The van der Waals surface area contributed by atoms with Crippen molar-refractivity contribution in [1.29, 1.82) is 0 Å². The van der Waals surface area contributed by atoms with E-state index in [4.69, 9.17) is 14.2 Å². The molecule has 3 heterocycles. The van der Waals surface area contributed by atoms with Gasteiger partial charge < -0.3 is 23.7 Å². The predicted octanol–water partition coefficient (Wildman–Crippen LogP) is 1.84. The molecule has 1 atom stereocenters. The topological polar surface area (TPSA) is 95.8 Å². The summed E-state index contributed by atoms with van der Waals surface area (Å²) in [7, 11) is 1.60. The monoisotopic (exact) mass is 464 g/mol. The molecule has 2 aromatic heterocycles. The molecule has 0 saturated carbocycles. The SMILES string of the molecule is CCn1cc(C(=O)N2CCO[C@@H](COC)C2)c(=O)c2cc(OC3Cc4ccccc4C3)nnc21. The average Bonchev–Trinajstić information content (AvgIpc) is 3.27. The van der Waals surface area contributed by atoms with E-state index in [1.165, 1.54) is 11.1 Å². The molecule has 1 aliphatic carbocycles. The smallest absolute Gasteiger partial charge is 0.259 e. The number of fused-ring (bicyclic) bond motifs is 2. The maximum atomic E-state index is 13.4. The maximum Gasteiger partial charge on any atom is 0.259 e. The summed E-state index contributed by atoms with van der Waals surface area (Å²) in [5.74, 6) is -0.0229. The molecule has 0 bridgehead atoms. The van der Waals surface area contributed by atoms with E-state index >= 15 is 0 Å². The van der Waals surface area contributed by atoms with Crippen LogP contribution >= 0.6 is 0 Å². The molecule has 34 heavy (non-hydrogen) atoms. The Morgan fingerprint density at radius 3 is 2.68 bits per heavy atom. The van der Waals surface area contributed by atoms with Crippen LogP contribution in [0.4, 0.5) is 0 Å². The van der Waals surface area contributed by atoms with Gasteiger partial charge in [-0.25, -0.2) is 0 Å². The molecule has 1 aliphatic heterocycles. The quantitative estimate of drug-likeness (QED) is 0.549. The molecule has 0 spiro atoms. The third-order valence-corrected chi connectivity index (χ3v) is 6.45. The maximum absolute atomic E-state index is 13.4. The molecule has 2 aliphatic rings. The van der Waals surface area contributed by atoms with E-state index < -0.39 is 0 Å². The van der Waals surface area contributed by atoms with Crippen LogP contribution in [-0.4, -0.2) is 71.2 Å². The van der Waals surface area contributed by atoms with Crippen molar-refractivity contribution in [2.24, 2.45) is 0 Å². The number of amides is 1. The molecule has 1 amide bonds. The largest absolute Gasteiger partial charge is 0.473 e. The van der Waals surface area contributed by atoms with Gasteiger partial charge in [-0.1, -0.05) is 24.3 Å². The van der Waals surface area contributed by atoms with Crippen molar-refractivity contribution in [2.45, 2.75) is 38.5 Å². The number of carbonyl (C=O) groups excluding carboxylic acids is 1. The van der Waals surface area contributed by atoms with Gasteiger partial charge in [-0.3, -0.25) is 9.59 Å². The highest BCUT2D eigenvalue weighted by Crippen LogP contribution is 2.25. The third kappa shape index (κ3) is 4.28. The Morgan fingerprint density at radius 1 is 1.21 bits per heavy atom. The number of aryl methyl sites for hydroxylation is 1. The Hall–Kier alpha value is -3.30. The Morgan fingerprint density at radius 2 is 1.97 bits per heavy atom. The van der Waals surface area contributed by atoms with Gasteiger partial charge in [0, 0.05) is 51.8 Å².